The number of carbonyl (C=O) groups is 2. The van der Waals surface area contributed by atoms with Gasteiger partial charge in [-0.1, -0.05) is 68.3 Å². The number of hydrogen-bond acceptors (Lipinski definition) is 4. The number of anilines is 1. The van der Waals surface area contributed by atoms with Crippen molar-refractivity contribution in [1.29, 1.82) is 0 Å². The number of urea groups is 1. The number of benzene rings is 2. The molecule has 2 aromatic rings. The second-order valence-electron chi connectivity index (χ2n) is 11.5. The summed E-state index contributed by atoms with van der Waals surface area (Å²) in [6, 6.07) is 18.6. The molecule has 0 saturated carbocycles. The van der Waals surface area contributed by atoms with Gasteiger partial charge in [0.1, 0.15) is 0 Å². The van der Waals surface area contributed by atoms with E-state index >= 15 is 0 Å². The Bertz CT molecular complexity index is 1090. The third kappa shape index (κ3) is 5.59. The minimum absolute atomic E-state index is 0.0627. The van der Waals surface area contributed by atoms with Crippen LogP contribution in [0.15, 0.2) is 54.6 Å². The zero-order valence-electron chi connectivity index (χ0n) is 23.2. The third-order valence-corrected chi connectivity index (χ3v) is 8.95. The van der Waals surface area contributed by atoms with E-state index in [1.54, 1.807) is 0 Å². The van der Waals surface area contributed by atoms with Gasteiger partial charge in [-0.15, -0.1) is 0 Å². The van der Waals surface area contributed by atoms with Crippen LogP contribution in [-0.2, 0) is 11.3 Å². The Labute approximate surface area is 227 Å². The van der Waals surface area contributed by atoms with Crippen LogP contribution in [-0.4, -0.2) is 70.6 Å². The molecule has 3 saturated heterocycles. The summed E-state index contributed by atoms with van der Waals surface area (Å²) in [4.78, 5) is 33.6. The first-order valence-electron chi connectivity index (χ1n) is 14.4. The maximum Gasteiger partial charge on any atom is 0.321 e. The molecule has 3 amide bonds. The molecule has 0 bridgehead atoms. The summed E-state index contributed by atoms with van der Waals surface area (Å²) < 4.78 is 0. The van der Waals surface area contributed by atoms with Crippen molar-refractivity contribution in [3.63, 3.8) is 0 Å². The number of rotatable bonds is 6. The largest absolute Gasteiger partial charge is 0.324 e. The maximum atomic E-state index is 13.9. The van der Waals surface area contributed by atoms with Crippen molar-refractivity contribution in [2.24, 2.45) is 5.92 Å². The Hall–Kier alpha value is -2.90. The summed E-state index contributed by atoms with van der Waals surface area (Å²) in [6.45, 7) is 10.6. The lowest BCUT2D eigenvalue weighted by atomic mass is 9.92. The monoisotopic (exact) mass is 517 g/mol. The lowest BCUT2D eigenvalue weighted by molar-refractivity contribution is -0.138. The molecule has 3 aliphatic heterocycles. The molecule has 7 nitrogen and oxygen atoms in total. The highest BCUT2D eigenvalue weighted by Crippen LogP contribution is 2.38. The third-order valence-electron chi connectivity index (χ3n) is 8.95. The SMILES string of the molecule is CCC(C)C1NC2(CCN(C(=O)Nc3ccc(C)cc3)CC2)N(C2CCN(Cc3ccccc3)CC2)C1=O. The topological polar surface area (TPSA) is 67.9 Å². The van der Waals surface area contributed by atoms with Gasteiger partial charge in [0.15, 0.2) is 0 Å². The molecule has 2 atom stereocenters. The molecule has 0 radical (unpaired) electrons. The highest BCUT2D eigenvalue weighted by atomic mass is 16.2. The van der Waals surface area contributed by atoms with Crippen LogP contribution in [0.4, 0.5) is 10.5 Å². The van der Waals surface area contributed by atoms with Crippen LogP contribution in [0.1, 0.15) is 57.1 Å². The molecule has 204 valence electrons. The number of aryl methyl sites for hydroxylation is 1. The number of nitrogens with one attached hydrogen (secondary N) is 2. The molecule has 1 spiro atoms. The quantitative estimate of drug-likeness (QED) is 0.576. The van der Waals surface area contributed by atoms with E-state index < -0.39 is 0 Å². The number of hydrogen-bond donors (Lipinski definition) is 2. The molecule has 3 fully saturated rings. The van der Waals surface area contributed by atoms with Gasteiger partial charge in [0.05, 0.1) is 11.7 Å². The van der Waals surface area contributed by atoms with Crippen LogP contribution in [0, 0.1) is 12.8 Å². The van der Waals surface area contributed by atoms with Crippen LogP contribution in [0.5, 0.6) is 0 Å². The van der Waals surface area contributed by atoms with E-state index in [0.29, 0.717) is 13.1 Å². The minimum atomic E-state index is -0.363. The van der Waals surface area contributed by atoms with E-state index in [1.165, 1.54) is 11.1 Å². The van der Waals surface area contributed by atoms with Gasteiger partial charge < -0.3 is 15.1 Å². The highest BCUT2D eigenvalue weighted by molar-refractivity contribution is 5.89. The fourth-order valence-corrected chi connectivity index (χ4v) is 6.41. The summed E-state index contributed by atoms with van der Waals surface area (Å²) in [5.41, 5.74) is 2.96. The zero-order chi connectivity index (χ0) is 26.7. The highest BCUT2D eigenvalue weighted by Gasteiger charge is 2.55. The Morgan fingerprint density at radius 3 is 2.32 bits per heavy atom. The summed E-state index contributed by atoms with van der Waals surface area (Å²) in [5.74, 6) is 0.545. The summed E-state index contributed by atoms with van der Waals surface area (Å²) >= 11 is 0. The molecule has 2 unspecified atom stereocenters. The Morgan fingerprint density at radius 2 is 1.68 bits per heavy atom. The van der Waals surface area contributed by atoms with Gasteiger partial charge in [-0.05, 0) is 43.4 Å². The molecular weight excluding hydrogens is 474 g/mol. The van der Waals surface area contributed by atoms with E-state index in [1.807, 2.05) is 36.1 Å². The van der Waals surface area contributed by atoms with Crippen molar-refractivity contribution in [2.75, 3.05) is 31.5 Å². The molecule has 2 N–H and O–H groups in total. The first-order valence-corrected chi connectivity index (χ1v) is 14.4. The van der Waals surface area contributed by atoms with Gasteiger partial charge in [-0.25, -0.2) is 4.79 Å². The molecular formula is C31H43N5O2. The van der Waals surface area contributed by atoms with Gasteiger partial charge in [-0.3, -0.25) is 15.0 Å². The number of piperidine rings is 2. The standard InChI is InChI=1S/C31H43N5O2/c1-4-24(3)28-29(37)36(27-14-18-34(19-15-27)22-25-8-6-5-7-9-25)31(33-28)16-20-35(21-17-31)30(38)32-26-12-10-23(2)11-13-26/h5-13,24,27-28,33H,4,14-22H2,1-3H3,(H,32,38). The van der Waals surface area contributed by atoms with Crippen molar-refractivity contribution in [2.45, 2.75) is 77.2 Å². The fourth-order valence-electron chi connectivity index (χ4n) is 6.41. The molecule has 5 rings (SSSR count). The van der Waals surface area contributed by atoms with Crippen molar-refractivity contribution >= 4 is 17.6 Å². The van der Waals surface area contributed by atoms with Gasteiger partial charge in [0, 0.05) is 57.3 Å². The summed E-state index contributed by atoms with van der Waals surface area (Å²) in [6.07, 6.45) is 4.47. The molecule has 0 aliphatic carbocycles. The van der Waals surface area contributed by atoms with Crippen molar-refractivity contribution in [1.82, 2.24) is 20.0 Å². The summed E-state index contributed by atoms with van der Waals surface area (Å²) in [5, 5.41) is 6.87. The van der Waals surface area contributed by atoms with E-state index in [2.05, 4.69) is 64.6 Å². The van der Waals surface area contributed by atoms with Crippen molar-refractivity contribution in [3.8, 4) is 0 Å². The van der Waals surface area contributed by atoms with Crippen LogP contribution in [0.25, 0.3) is 0 Å². The minimum Gasteiger partial charge on any atom is -0.324 e. The average molecular weight is 518 g/mol. The lowest BCUT2D eigenvalue weighted by Gasteiger charge is -2.49. The Balaban J connectivity index is 1.25. The van der Waals surface area contributed by atoms with Crippen molar-refractivity contribution < 1.29 is 9.59 Å². The Morgan fingerprint density at radius 1 is 1.03 bits per heavy atom. The maximum absolute atomic E-state index is 13.9. The summed E-state index contributed by atoms with van der Waals surface area (Å²) in [7, 11) is 0. The van der Waals surface area contributed by atoms with Crippen LogP contribution in [0.2, 0.25) is 0 Å². The van der Waals surface area contributed by atoms with E-state index in [4.69, 9.17) is 0 Å². The lowest BCUT2D eigenvalue weighted by Crippen LogP contribution is -2.63. The van der Waals surface area contributed by atoms with Crippen LogP contribution >= 0.6 is 0 Å². The van der Waals surface area contributed by atoms with E-state index in [0.717, 1.165) is 57.4 Å². The molecule has 2 aromatic carbocycles. The van der Waals surface area contributed by atoms with Gasteiger partial charge in [0.25, 0.3) is 0 Å². The molecule has 0 aromatic heterocycles. The molecule has 3 heterocycles. The number of amides is 3. The first-order chi connectivity index (χ1) is 18.4. The fraction of sp³-hybridized carbons (Fsp3) is 0.548. The zero-order valence-corrected chi connectivity index (χ0v) is 23.2. The van der Waals surface area contributed by atoms with Gasteiger partial charge >= 0.3 is 6.03 Å². The Kier molecular flexibility index (Phi) is 8.05. The average Bonchev–Trinajstić information content (AvgIpc) is 3.22. The second kappa shape index (κ2) is 11.5. The van der Waals surface area contributed by atoms with Gasteiger partial charge in [-0.2, -0.15) is 0 Å². The van der Waals surface area contributed by atoms with Crippen LogP contribution < -0.4 is 10.6 Å². The van der Waals surface area contributed by atoms with E-state index in [-0.39, 0.29) is 35.6 Å². The van der Waals surface area contributed by atoms with Gasteiger partial charge in [0.2, 0.25) is 5.91 Å². The molecule has 3 aliphatic rings. The predicted octanol–water partition coefficient (Wildman–Crippen LogP) is 4.83. The molecule has 7 heteroatoms. The smallest absolute Gasteiger partial charge is 0.321 e. The van der Waals surface area contributed by atoms with Crippen LogP contribution in [0.3, 0.4) is 0 Å². The van der Waals surface area contributed by atoms with Crippen molar-refractivity contribution in [3.05, 3.63) is 65.7 Å². The number of carbonyl (C=O) groups excluding carboxylic acids is 2. The second-order valence-corrected chi connectivity index (χ2v) is 11.5. The molecule has 38 heavy (non-hydrogen) atoms. The van der Waals surface area contributed by atoms with E-state index in [9.17, 15) is 9.59 Å². The first kappa shape index (κ1) is 26.7. The predicted molar refractivity (Wildman–Crippen MR) is 152 cm³/mol. The number of nitrogens with zero attached hydrogens (tertiary/aromatic N) is 3. The number of likely N-dealkylation sites (tertiary alicyclic amines) is 2. The normalized spacial score (nSPS) is 23.1.